The third-order valence-electron chi connectivity index (χ3n) is 5.09. The minimum absolute atomic E-state index is 0.213. The van der Waals surface area contributed by atoms with E-state index in [-0.39, 0.29) is 5.91 Å². The van der Waals surface area contributed by atoms with E-state index in [1.54, 1.807) is 0 Å². The van der Waals surface area contributed by atoms with Gasteiger partial charge in [-0.05, 0) is 36.0 Å². The van der Waals surface area contributed by atoms with E-state index in [9.17, 15) is 4.79 Å². The molecule has 0 radical (unpaired) electrons. The number of hydrogen-bond acceptors (Lipinski definition) is 3. The minimum Gasteiger partial charge on any atom is -0.368 e. The summed E-state index contributed by atoms with van der Waals surface area (Å²) in [6.45, 7) is 12.3. The molecule has 1 N–H and O–H groups in total. The SMILES string of the molecule is CC1CCN(C(=O)c2cc(C(C)C)ccc2N2CCNCC2)C1. The Morgan fingerprint density at radius 2 is 1.96 bits per heavy atom. The predicted octanol–water partition coefficient (Wildman–Crippen LogP) is 2.70. The first-order valence-corrected chi connectivity index (χ1v) is 8.95. The first kappa shape index (κ1) is 16.3. The van der Waals surface area contributed by atoms with Crippen LogP contribution >= 0.6 is 0 Å². The molecule has 0 spiro atoms. The van der Waals surface area contributed by atoms with Crippen LogP contribution in [0.3, 0.4) is 0 Å². The maximum Gasteiger partial charge on any atom is 0.255 e. The molecular weight excluding hydrogens is 286 g/mol. The molecular formula is C19H29N3O. The molecule has 0 bridgehead atoms. The smallest absolute Gasteiger partial charge is 0.255 e. The Balaban J connectivity index is 1.93. The van der Waals surface area contributed by atoms with E-state index >= 15 is 0 Å². The summed E-state index contributed by atoms with van der Waals surface area (Å²) >= 11 is 0. The number of rotatable bonds is 3. The van der Waals surface area contributed by atoms with Gasteiger partial charge in [0.05, 0.1) is 5.56 Å². The lowest BCUT2D eigenvalue weighted by Crippen LogP contribution is -2.44. The Hall–Kier alpha value is -1.55. The van der Waals surface area contributed by atoms with Crippen molar-refractivity contribution in [3.8, 4) is 0 Å². The van der Waals surface area contributed by atoms with Crippen molar-refractivity contribution in [1.82, 2.24) is 10.2 Å². The van der Waals surface area contributed by atoms with Gasteiger partial charge in [-0.3, -0.25) is 4.79 Å². The molecule has 4 heteroatoms. The van der Waals surface area contributed by atoms with E-state index < -0.39 is 0 Å². The first-order chi connectivity index (χ1) is 11.1. The van der Waals surface area contributed by atoms with Gasteiger partial charge < -0.3 is 15.1 Å². The number of anilines is 1. The van der Waals surface area contributed by atoms with Gasteiger partial charge in [-0.1, -0.05) is 26.8 Å². The molecule has 0 aromatic heterocycles. The van der Waals surface area contributed by atoms with Crippen LogP contribution < -0.4 is 10.2 Å². The van der Waals surface area contributed by atoms with Crippen molar-refractivity contribution >= 4 is 11.6 Å². The van der Waals surface area contributed by atoms with Crippen LogP contribution in [0.1, 0.15) is 49.0 Å². The Kier molecular flexibility index (Phi) is 4.90. The van der Waals surface area contributed by atoms with Gasteiger partial charge in [-0.15, -0.1) is 0 Å². The number of carbonyl (C=O) groups is 1. The lowest BCUT2D eigenvalue weighted by molar-refractivity contribution is 0.0788. The second-order valence-electron chi connectivity index (χ2n) is 7.31. The molecule has 2 saturated heterocycles. The molecule has 1 atom stereocenters. The van der Waals surface area contributed by atoms with Gasteiger partial charge in [0, 0.05) is 45.0 Å². The molecule has 23 heavy (non-hydrogen) atoms. The Morgan fingerprint density at radius 1 is 1.22 bits per heavy atom. The van der Waals surface area contributed by atoms with E-state index in [2.05, 4.69) is 49.2 Å². The third kappa shape index (κ3) is 3.52. The molecule has 1 amide bonds. The van der Waals surface area contributed by atoms with Crippen LogP contribution in [-0.4, -0.2) is 50.1 Å². The lowest BCUT2D eigenvalue weighted by Gasteiger charge is -2.32. The lowest BCUT2D eigenvalue weighted by atomic mass is 9.98. The fourth-order valence-electron chi connectivity index (χ4n) is 3.56. The molecule has 1 unspecified atom stereocenters. The molecule has 4 nitrogen and oxygen atoms in total. The first-order valence-electron chi connectivity index (χ1n) is 8.95. The zero-order valence-electron chi connectivity index (χ0n) is 14.6. The minimum atomic E-state index is 0.213. The maximum absolute atomic E-state index is 13.1. The van der Waals surface area contributed by atoms with Crippen LogP contribution in [0.15, 0.2) is 18.2 Å². The summed E-state index contributed by atoms with van der Waals surface area (Å²) in [7, 11) is 0. The Labute approximate surface area is 139 Å². The summed E-state index contributed by atoms with van der Waals surface area (Å²) in [6.07, 6.45) is 1.12. The average molecular weight is 315 g/mol. The van der Waals surface area contributed by atoms with Crippen LogP contribution in [0.4, 0.5) is 5.69 Å². The monoisotopic (exact) mass is 315 g/mol. The summed E-state index contributed by atoms with van der Waals surface area (Å²) in [5.41, 5.74) is 3.26. The number of nitrogens with zero attached hydrogens (tertiary/aromatic N) is 2. The molecule has 2 aliphatic heterocycles. The Morgan fingerprint density at radius 3 is 2.57 bits per heavy atom. The highest BCUT2D eigenvalue weighted by atomic mass is 16.2. The number of hydrogen-bond donors (Lipinski definition) is 1. The molecule has 1 aromatic rings. The number of carbonyl (C=O) groups excluding carboxylic acids is 1. The molecule has 1 aromatic carbocycles. The van der Waals surface area contributed by atoms with Gasteiger partial charge in [0.15, 0.2) is 0 Å². The largest absolute Gasteiger partial charge is 0.368 e. The maximum atomic E-state index is 13.1. The third-order valence-corrected chi connectivity index (χ3v) is 5.09. The molecule has 2 fully saturated rings. The number of likely N-dealkylation sites (tertiary alicyclic amines) is 1. The van der Waals surface area contributed by atoms with E-state index in [0.29, 0.717) is 11.8 Å². The Bertz CT molecular complexity index is 564. The van der Waals surface area contributed by atoms with Gasteiger partial charge in [-0.25, -0.2) is 0 Å². The average Bonchev–Trinajstić information content (AvgIpc) is 3.01. The highest BCUT2D eigenvalue weighted by Crippen LogP contribution is 2.29. The van der Waals surface area contributed by atoms with Crippen LogP contribution in [-0.2, 0) is 0 Å². The van der Waals surface area contributed by atoms with Crippen molar-refractivity contribution in [3.05, 3.63) is 29.3 Å². The van der Waals surface area contributed by atoms with Crippen molar-refractivity contribution in [2.24, 2.45) is 5.92 Å². The van der Waals surface area contributed by atoms with Gasteiger partial charge in [0.1, 0.15) is 0 Å². The highest BCUT2D eigenvalue weighted by Gasteiger charge is 2.27. The number of benzene rings is 1. The van der Waals surface area contributed by atoms with E-state index in [1.165, 1.54) is 5.56 Å². The summed E-state index contributed by atoms with van der Waals surface area (Å²) in [6, 6.07) is 6.48. The van der Waals surface area contributed by atoms with Crippen LogP contribution in [0.2, 0.25) is 0 Å². The normalized spacial score (nSPS) is 22.0. The molecule has 0 aliphatic carbocycles. The van der Waals surface area contributed by atoms with Crippen molar-refractivity contribution < 1.29 is 4.79 Å². The molecule has 126 valence electrons. The van der Waals surface area contributed by atoms with Gasteiger partial charge in [0.2, 0.25) is 0 Å². The topological polar surface area (TPSA) is 35.6 Å². The van der Waals surface area contributed by atoms with Crippen LogP contribution in [0.25, 0.3) is 0 Å². The standard InChI is InChI=1S/C19H29N3O/c1-14(2)16-4-5-18(21-10-7-20-8-11-21)17(12-16)19(23)22-9-6-15(3)13-22/h4-5,12,14-15,20H,6-11,13H2,1-3H3. The molecule has 3 rings (SSSR count). The summed E-state index contributed by atoms with van der Waals surface area (Å²) in [4.78, 5) is 17.5. The zero-order valence-corrected chi connectivity index (χ0v) is 14.6. The zero-order chi connectivity index (χ0) is 16.4. The second-order valence-corrected chi connectivity index (χ2v) is 7.31. The quantitative estimate of drug-likeness (QED) is 0.931. The van der Waals surface area contributed by atoms with E-state index in [4.69, 9.17) is 0 Å². The van der Waals surface area contributed by atoms with Crippen LogP contribution in [0, 0.1) is 5.92 Å². The van der Waals surface area contributed by atoms with Crippen molar-refractivity contribution in [2.45, 2.75) is 33.1 Å². The molecule has 0 saturated carbocycles. The molecule has 2 heterocycles. The highest BCUT2D eigenvalue weighted by molar-refractivity contribution is 6.00. The summed E-state index contributed by atoms with van der Waals surface area (Å²) in [5, 5.41) is 3.39. The van der Waals surface area contributed by atoms with Crippen LogP contribution in [0.5, 0.6) is 0 Å². The molecule has 2 aliphatic rings. The number of nitrogens with one attached hydrogen (secondary N) is 1. The summed E-state index contributed by atoms with van der Waals surface area (Å²) < 4.78 is 0. The fourth-order valence-corrected chi connectivity index (χ4v) is 3.56. The summed E-state index contributed by atoms with van der Waals surface area (Å²) in [5.74, 6) is 1.27. The van der Waals surface area contributed by atoms with Crippen molar-refractivity contribution in [3.63, 3.8) is 0 Å². The van der Waals surface area contributed by atoms with Crippen molar-refractivity contribution in [2.75, 3.05) is 44.2 Å². The van der Waals surface area contributed by atoms with Gasteiger partial charge in [0.25, 0.3) is 5.91 Å². The predicted molar refractivity (Wildman–Crippen MR) is 95.3 cm³/mol. The van der Waals surface area contributed by atoms with Gasteiger partial charge >= 0.3 is 0 Å². The van der Waals surface area contributed by atoms with E-state index in [0.717, 1.165) is 56.9 Å². The number of amides is 1. The van der Waals surface area contributed by atoms with E-state index in [1.807, 2.05) is 4.90 Å². The van der Waals surface area contributed by atoms with Crippen molar-refractivity contribution in [1.29, 1.82) is 0 Å². The fraction of sp³-hybridized carbons (Fsp3) is 0.632. The van der Waals surface area contributed by atoms with Gasteiger partial charge in [-0.2, -0.15) is 0 Å². The second kappa shape index (κ2) is 6.91. The number of piperazine rings is 1.